The van der Waals surface area contributed by atoms with Crippen molar-refractivity contribution in [3.63, 3.8) is 0 Å². The Kier molecular flexibility index (Phi) is 4.01. The summed E-state index contributed by atoms with van der Waals surface area (Å²) in [7, 11) is 0. The Hall–Kier alpha value is -0.650. The molecular weight excluding hydrogens is 222 g/mol. The number of nitrogens with zero attached hydrogens (tertiary/aromatic N) is 1. The third kappa shape index (κ3) is 2.78. The Balaban J connectivity index is 1.84. The summed E-state index contributed by atoms with van der Waals surface area (Å²) in [6, 6.07) is 0.211. The van der Waals surface area contributed by atoms with Gasteiger partial charge >= 0.3 is 5.97 Å². The number of likely N-dealkylation sites (tertiary alicyclic amines) is 1. The summed E-state index contributed by atoms with van der Waals surface area (Å²) in [5.41, 5.74) is 0. The minimum atomic E-state index is -0.860. The second-order valence-electron chi connectivity index (χ2n) is 5.17. The zero-order valence-corrected chi connectivity index (χ0v) is 10.2. The first-order chi connectivity index (χ1) is 8.11. The fourth-order valence-corrected chi connectivity index (χ4v) is 2.89. The van der Waals surface area contributed by atoms with E-state index >= 15 is 0 Å². The zero-order valence-electron chi connectivity index (χ0n) is 10.2. The van der Waals surface area contributed by atoms with Crippen LogP contribution >= 0.6 is 0 Å². The van der Waals surface area contributed by atoms with Gasteiger partial charge in [-0.25, -0.2) is 4.79 Å². The largest absolute Gasteiger partial charge is 0.479 e. The number of hydrogen-bond acceptors (Lipinski definition) is 4. The molecule has 0 aromatic rings. The van der Waals surface area contributed by atoms with Gasteiger partial charge in [-0.2, -0.15) is 0 Å². The molecule has 2 heterocycles. The van der Waals surface area contributed by atoms with Crippen molar-refractivity contribution in [3.8, 4) is 0 Å². The van der Waals surface area contributed by atoms with Crippen molar-refractivity contribution in [2.45, 2.75) is 44.4 Å². The lowest BCUT2D eigenvalue weighted by Gasteiger charge is -2.27. The minimum Gasteiger partial charge on any atom is -0.479 e. The molecule has 0 amide bonds. The quantitative estimate of drug-likeness (QED) is 0.744. The van der Waals surface area contributed by atoms with Gasteiger partial charge in [0.25, 0.3) is 0 Å². The number of carboxylic acids is 1. The minimum absolute atomic E-state index is 0.00968. The predicted molar refractivity (Wildman–Crippen MR) is 61.8 cm³/mol. The highest BCUT2D eigenvalue weighted by molar-refractivity contribution is 5.72. The van der Waals surface area contributed by atoms with Gasteiger partial charge in [0, 0.05) is 12.6 Å². The van der Waals surface area contributed by atoms with Gasteiger partial charge in [0.2, 0.25) is 0 Å². The predicted octanol–water partition coefficient (Wildman–Crippen LogP) is 0.321. The first-order valence-electron chi connectivity index (χ1n) is 6.35. The number of aliphatic carboxylic acids is 1. The lowest BCUT2D eigenvalue weighted by molar-refractivity contribution is -0.149. The zero-order chi connectivity index (χ0) is 12.4. The lowest BCUT2D eigenvalue weighted by Crippen LogP contribution is -2.40. The maximum Gasteiger partial charge on any atom is 0.332 e. The Morgan fingerprint density at radius 3 is 2.76 bits per heavy atom. The fraction of sp³-hybridized carbons (Fsp3) is 0.917. The maximum atomic E-state index is 10.8. The molecule has 0 radical (unpaired) electrons. The van der Waals surface area contributed by atoms with E-state index in [-0.39, 0.29) is 18.8 Å². The second-order valence-corrected chi connectivity index (χ2v) is 5.17. The van der Waals surface area contributed by atoms with Crippen molar-refractivity contribution in [1.29, 1.82) is 0 Å². The van der Waals surface area contributed by atoms with Gasteiger partial charge in [0.05, 0.1) is 12.7 Å². The molecule has 0 bridgehead atoms. The monoisotopic (exact) mass is 243 g/mol. The number of aliphatic hydroxyl groups is 1. The van der Waals surface area contributed by atoms with Crippen LogP contribution in [0.3, 0.4) is 0 Å². The maximum absolute atomic E-state index is 10.8. The van der Waals surface area contributed by atoms with Crippen molar-refractivity contribution in [2.24, 2.45) is 5.92 Å². The fourth-order valence-electron chi connectivity index (χ4n) is 2.89. The van der Waals surface area contributed by atoms with Crippen molar-refractivity contribution < 1.29 is 19.7 Å². The van der Waals surface area contributed by atoms with Gasteiger partial charge in [0.15, 0.2) is 6.10 Å². The van der Waals surface area contributed by atoms with E-state index in [0.29, 0.717) is 12.3 Å². The molecule has 2 aliphatic rings. The van der Waals surface area contributed by atoms with E-state index in [4.69, 9.17) is 9.84 Å². The average Bonchev–Trinajstić information content (AvgIpc) is 2.87. The average molecular weight is 243 g/mol. The molecule has 0 spiro atoms. The van der Waals surface area contributed by atoms with E-state index in [0.717, 1.165) is 25.9 Å². The number of hydrogen-bond donors (Lipinski definition) is 2. The molecule has 4 atom stereocenters. The second kappa shape index (κ2) is 5.33. The summed E-state index contributed by atoms with van der Waals surface area (Å²) in [4.78, 5) is 13.0. The van der Waals surface area contributed by atoms with Crippen molar-refractivity contribution in [3.05, 3.63) is 0 Å². The van der Waals surface area contributed by atoms with E-state index in [2.05, 4.69) is 11.8 Å². The van der Waals surface area contributed by atoms with Crippen molar-refractivity contribution in [2.75, 3.05) is 19.7 Å². The molecule has 0 saturated carbocycles. The van der Waals surface area contributed by atoms with E-state index in [9.17, 15) is 9.90 Å². The molecule has 2 aliphatic heterocycles. The van der Waals surface area contributed by atoms with E-state index in [1.54, 1.807) is 0 Å². The van der Waals surface area contributed by atoms with Gasteiger partial charge in [0.1, 0.15) is 0 Å². The molecule has 0 aromatic carbocycles. The molecule has 2 rings (SSSR count). The van der Waals surface area contributed by atoms with Crippen LogP contribution in [0.25, 0.3) is 0 Å². The summed E-state index contributed by atoms with van der Waals surface area (Å²) in [6.45, 7) is 4.05. The smallest absolute Gasteiger partial charge is 0.332 e. The number of carboxylic acid groups (broad SMARTS) is 1. The molecule has 2 saturated heterocycles. The Morgan fingerprint density at radius 2 is 2.18 bits per heavy atom. The first-order valence-corrected chi connectivity index (χ1v) is 6.35. The standard InChI is InChI=1S/C12H21NO4/c1-8-4-5-13(10(8)7-14)6-9-2-3-11(17-9)12(15)16/h8-11,14H,2-7H2,1H3,(H,15,16). The highest BCUT2D eigenvalue weighted by Gasteiger charge is 2.36. The van der Waals surface area contributed by atoms with Gasteiger partial charge in [-0.15, -0.1) is 0 Å². The number of aliphatic hydroxyl groups excluding tert-OH is 1. The molecule has 2 fully saturated rings. The summed E-state index contributed by atoms with van der Waals surface area (Å²) < 4.78 is 5.49. The summed E-state index contributed by atoms with van der Waals surface area (Å²) in [6.07, 6.45) is 1.89. The molecule has 2 N–H and O–H groups in total. The van der Waals surface area contributed by atoms with Gasteiger partial charge in [-0.3, -0.25) is 4.90 Å². The van der Waals surface area contributed by atoms with E-state index in [1.165, 1.54) is 0 Å². The Labute approximate surface area is 101 Å². The molecule has 0 aliphatic carbocycles. The van der Waals surface area contributed by atoms with Crippen LogP contribution in [0.4, 0.5) is 0 Å². The van der Waals surface area contributed by atoms with Crippen LogP contribution in [0.1, 0.15) is 26.2 Å². The molecular formula is C12H21NO4. The van der Waals surface area contributed by atoms with Crippen LogP contribution in [0.5, 0.6) is 0 Å². The molecule has 17 heavy (non-hydrogen) atoms. The van der Waals surface area contributed by atoms with Crippen LogP contribution < -0.4 is 0 Å². The SMILES string of the molecule is CC1CCN(CC2CCC(C(=O)O)O2)C1CO. The summed E-state index contributed by atoms with van der Waals surface area (Å²) in [5, 5.41) is 18.2. The van der Waals surface area contributed by atoms with Crippen LogP contribution in [-0.2, 0) is 9.53 Å². The number of rotatable bonds is 4. The third-order valence-electron chi connectivity index (χ3n) is 4.01. The van der Waals surface area contributed by atoms with Crippen LogP contribution in [-0.4, -0.2) is 59.0 Å². The first kappa shape index (κ1) is 12.8. The number of carbonyl (C=O) groups is 1. The number of ether oxygens (including phenoxy) is 1. The van der Waals surface area contributed by atoms with Gasteiger partial charge in [-0.05, 0) is 31.7 Å². The topological polar surface area (TPSA) is 70.0 Å². The molecule has 4 unspecified atom stereocenters. The van der Waals surface area contributed by atoms with Crippen LogP contribution in [0, 0.1) is 5.92 Å². The molecule has 5 heteroatoms. The van der Waals surface area contributed by atoms with Gasteiger partial charge < -0.3 is 14.9 Å². The Bertz CT molecular complexity index is 284. The third-order valence-corrected chi connectivity index (χ3v) is 4.01. The lowest BCUT2D eigenvalue weighted by atomic mass is 10.0. The van der Waals surface area contributed by atoms with Crippen molar-refractivity contribution in [1.82, 2.24) is 4.90 Å². The van der Waals surface area contributed by atoms with E-state index in [1.807, 2.05) is 0 Å². The molecule has 5 nitrogen and oxygen atoms in total. The van der Waals surface area contributed by atoms with Gasteiger partial charge in [-0.1, -0.05) is 6.92 Å². The summed E-state index contributed by atoms with van der Waals surface area (Å²) in [5.74, 6) is -0.349. The van der Waals surface area contributed by atoms with E-state index < -0.39 is 12.1 Å². The molecule has 0 aromatic heterocycles. The Morgan fingerprint density at radius 1 is 1.41 bits per heavy atom. The molecule has 98 valence electrons. The highest BCUT2D eigenvalue weighted by Crippen LogP contribution is 2.27. The summed E-state index contributed by atoms with van der Waals surface area (Å²) >= 11 is 0. The van der Waals surface area contributed by atoms with Crippen LogP contribution in [0.2, 0.25) is 0 Å². The van der Waals surface area contributed by atoms with Crippen molar-refractivity contribution >= 4 is 5.97 Å². The highest BCUT2D eigenvalue weighted by atomic mass is 16.5. The normalized spacial score (nSPS) is 38.7. The van der Waals surface area contributed by atoms with Crippen LogP contribution in [0.15, 0.2) is 0 Å².